The molecular formula is C19H20F2N2O4. The van der Waals surface area contributed by atoms with E-state index in [2.05, 4.69) is 9.97 Å². The fourth-order valence-electron chi connectivity index (χ4n) is 3.15. The molecule has 0 saturated heterocycles. The van der Waals surface area contributed by atoms with Gasteiger partial charge in [-0.2, -0.15) is 8.78 Å². The Bertz CT molecular complexity index is 857. The number of halogens is 2. The summed E-state index contributed by atoms with van der Waals surface area (Å²) in [4.78, 5) is 19.9. The van der Waals surface area contributed by atoms with E-state index in [1.54, 1.807) is 24.3 Å². The first-order valence-corrected chi connectivity index (χ1v) is 8.62. The van der Waals surface area contributed by atoms with Crippen molar-refractivity contribution in [1.29, 1.82) is 0 Å². The third-order valence-electron chi connectivity index (χ3n) is 4.48. The number of rotatable bonds is 6. The highest BCUT2D eigenvalue weighted by molar-refractivity contribution is 5.75. The highest BCUT2D eigenvalue weighted by Gasteiger charge is 2.38. The zero-order valence-electron chi connectivity index (χ0n) is 14.8. The van der Waals surface area contributed by atoms with Crippen molar-refractivity contribution in [3.8, 4) is 5.88 Å². The van der Waals surface area contributed by atoms with Gasteiger partial charge in [0, 0.05) is 0 Å². The number of allylic oxidation sites excluding steroid dienone is 1. The summed E-state index contributed by atoms with van der Waals surface area (Å²) in [5.41, 5.74) is 0.129. The predicted molar refractivity (Wildman–Crippen MR) is 93.4 cm³/mol. The van der Waals surface area contributed by atoms with Crippen molar-refractivity contribution in [3.05, 3.63) is 42.1 Å². The number of para-hydroxylation sites is 2. The zero-order valence-corrected chi connectivity index (χ0v) is 14.8. The van der Waals surface area contributed by atoms with Crippen molar-refractivity contribution in [3.63, 3.8) is 0 Å². The molecule has 0 radical (unpaired) electrons. The Balaban J connectivity index is 1.94. The number of carbonyl (C=O) groups is 1. The third-order valence-corrected chi connectivity index (χ3v) is 4.48. The molecule has 1 heterocycles. The predicted octanol–water partition coefficient (Wildman–Crippen LogP) is 2.99. The van der Waals surface area contributed by atoms with E-state index in [1.807, 2.05) is 0 Å². The van der Waals surface area contributed by atoms with Gasteiger partial charge in [-0.1, -0.05) is 18.2 Å². The highest BCUT2D eigenvalue weighted by atomic mass is 19.3. The summed E-state index contributed by atoms with van der Waals surface area (Å²) in [5.74, 6) is -4.37. The van der Waals surface area contributed by atoms with E-state index >= 15 is 0 Å². The van der Waals surface area contributed by atoms with E-state index in [0.29, 0.717) is 36.4 Å². The maximum absolute atomic E-state index is 14.6. The van der Waals surface area contributed by atoms with Crippen LogP contribution >= 0.6 is 0 Å². The molecule has 0 unspecified atom stereocenters. The molecular weight excluding hydrogens is 358 g/mol. The zero-order chi connectivity index (χ0) is 19.4. The van der Waals surface area contributed by atoms with Gasteiger partial charge in [-0.3, -0.25) is 4.79 Å². The number of benzene rings is 1. The Hall–Kier alpha value is -2.61. The Morgan fingerprint density at radius 3 is 2.67 bits per heavy atom. The van der Waals surface area contributed by atoms with Gasteiger partial charge >= 0.3 is 11.9 Å². The van der Waals surface area contributed by atoms with E-state index in [0.717, 1.165) is 6.08 Å². The Labute approximate surface area is 154 Å². The molecule has 0 aliphatic heterocycles. The fourth-order valence-corrected chi connectivity index (χ4v) is 3.15. The van der Waals surface area contributed by atoms with Gasteiger partial charge in [-0.05, 0) is 37.5 Å². The molecule has 144 valence electrons. The normalized spacial score (nSPS) is 20.3. The van der Waals surface area contributed by atoms with Crippen LogP contribution in [0.5, 0.6) is 5.88 Å². The van der Waals surface area contributed by atoms with Crippen LogP contribution in [-0.2, 0) is 15.5 Å². The Morgan fingerprint density at radius 1 is 1.30 bits per heavy atom. The fraction of sp³-hybridized carbons (Fsp3) is 0.421. The van der Waals surface area contributed by atoms with Gasteiger partial charge in [0.1, 0.15) is 6.10 Å². The number of aliphatic hydroxyl groups is 1. The molecule has 6 nitrogen and oxygen atoms in total. The number of aromatic nitrogens is 2. The second kappa shape index (κ2) is 7.96. The van der Waals surface area contributed by atoms with Crippen molar-refractivity contribution in [1.82, 2.24) is 9.97 Å². The van der Waals surface area contributed by atoms with E-state index in [4.69, 9.17) is 14.6 Å². The van der Waals surface area contributed by atoms with Gasteiger partial charge in [-0.15, -0.1) is 0 Å². The second-order valence-electron chi connectivity index (χ2n) is 6.35. The average molecular weight is 378 g/mol. The van der Waals surface area contributed by atoms with Crippen LogP contribution in [0.3, 0.4) is 0 Å². The third kappa shape index (κ3) is 4.21. The smallest absolute Gasteiger partial charge is 0.313 e. The minimum Gasteiger partial charge on any atom is -0.473 e. The first kappa shape index (κ1) is 19.2. The van der Waals surface area contributed by atoms with Gasteiger partial charge in [0.25, 0.3) is 0 Å². The number of alkyl halides is 2. The van der Waals surface area contributed by atoms with Crippen LogP contribution in [0.4, 0.5) is 8.78 Å². The lowest BCUT2D eigenvalue weighted by atomic mass is 10.1. The van der Waals surface area contributed by atoms with Gasteiger partial charge < -0.3 is 14.6 Å². The summed E-state index contributed by atoms with van der Waals surface area (Å²) in [5, 5.41) is 8.82. The molecule has 1 aromatic heterocycles. The molecule has 0 amide bonds. The number of fused-ring (bicyclic) bond motifs is 1. The van der Waals surface area contributed by atoms with Gasteiger partial charge in [-0.25, -0.2) is 9.97 Å². The summed E-state index contributed by atoms with van der Waals surface area (Å²) in [6.07, 6.45) is 2.56. The number of nitrogens with zero attached hydrogens (tertiary/aromatic N) is 2. The minimum atomic E-state index is -3.46. The number of hydrogen-bond acceptors (Lipinski definition) is 6. The number of ether oxygens (including phenoxy) is 2. The van der Waals surface area contributed by atoms with Crippen molar-refractivity contribution in [2.24, 2.45) is 5.92 Å². The summed E-state index contributed by atoms with van der Waals surface area (Å²) in [6.45, 7) is -0.518. The lowest BCUT2D eigenvalue weighted by Gasteiger charge is -2.19. The van der Waals surface area contributed by atoms with Crippen LogP contribution in [0.25, 0.3) is 11.0 Å². The molecule has 1 aromatic carbocycles. The maximum atomic E-state index is 14.6. The van der Waals surface area contributed by atoms with E-state index in [1.165, 1.54) is 7.11 Å². The Kier molecular flexibility index (Phi) is 5.65. The van der Waals surface area contributed by atoms with Crippen LogP contribution < -0.4 is 4.74 Å². The van der Waals surface area contributed by atoms with Crippen molar-refractivity contribution in [2.75, 3.05) is 13.7 Å². The molecule has 1 aliphatic carbocycles. The lowest BCUT2D eigenvalue weighted by Crippen LogP contribution is -2.21. The first-order valence-electron chi connectivity index (χ1n) is 8.62. The molecule has 27 heavy (non-hydrogen) atoms. The number of carbonyl (C=O) groups excluding carboxylic acids is 1. The summed E-state index contributed by atoms with van der Waals surface area (Å²) < 4.78 is 39.7. The van der Waals surface area contributed by atoms with Crippen LogP contribution in [0.15, 0.2) is 36.4 Å². The summed E-state index contributed by atoms with van der Waals surface area (Å²) in [6, 6.07) is 6.66. The van der Waals surface area contributed by atoms with E-state index in [9.17, 15) is 13.6 Å². The molecule has 0 bridgehead atoms. The molecule has 2 atom stereocenters. The van der Waals surface area contributed by atoms with Crippen LogP contribution in [-0.4, -0.2) is 40.9 Å². The summed E-state index contributed by atoms with van der Waals surface area (Å²) >= 11 is 0. The van der Waals surface area contributed by atoms with Crippen molar-refractivity contribution >= 4 is 17.0 Å². The molecule has 1 fully saturated rings. The largest absolute Gasteiger partial charge is 0.473 e. The highest BCUT2D eigenvalue weighted by Crippen LogP contribution is 2.37. The number of aliphatic hydroxyl groups excluding tert-OH is 1. The van der Waals surface area contributed by atoms with Crippen LogP contribution in [0.1, 0.15) is 25.0 Å². The van der Waals surface area contributed by atoms with Gasteiger partial charge in [0.05, 0.1) is 30.7 Å². The molecule has 3 rings (SSSR count). The van der Waals surface area contributed by atoms with E-state index in [-0.39, 0.29) is 17.8 Å². The second-order valence-corrected chi connectivity index (χ2v) is 6.35. The monoisotopic (exact) mass is 378 g/mol. The molecule has 1 saturated carbocycles. The van der Waals surface area contributed by atoms with Gasteiger partial charge in [0.2, 0.25) is 5.88 Å². The molecule has 1 aliphatic rings. The maximum Gasteiger partial charge on any atom is 0.313 e. The molecule has 8 heteroatoms. The van der Waals surface area contributed by atoms with Crippen LogP contribution in [0.2, 0.25) is 0 Å². The topological polar surface area (TPSA) is 81.5 Å². The molecule has 2 aromatic rings. The SMILES string of the molecule is COC(=O)[C@H]1CC[C@H](Oc2nc3ccccc3nc2C(F)(F)/C=C/CO)C1. The molecule has 1 N–H and O–H groups in total. The Morgan fingerprint density at radius 2 is 2.00 bits per heavy atom. The number of esters is 1. The average Bonchev–Trinajstić information content (AvgIpc) is 3.13. The van der Waals surface area contributed by atoms with E-state index < -0.39 is 24.3 Å². The first-order chi connectivity index (χ1) is 12.9. The van der Waals surface area contributed by atoms with Crippen molar-refractivity contribution < 1.29 is 28.2 Å². The molecule has 0 spiro atoms. The number of hydrogen-bond donors (Lipinski definition) is 1. The quantitative estimate of drug-likeness (QED) is 0.615. The van der Waals surface area contributed by atoms with Crippen molar-refractivity contribution in [2.45, 2.75) is 31.3 Å². The standard InChI is InChI=1S/C19H20F2N2O4/c1-26-18(25)12-7-8-13(11-12)27-17-16(19(20,21)9-4-10-24)22-14-5-2-3-6-15(14)23-17/h2-6,9,12-13,24H,7-8,10-11H2,1H3/b9-4+/t12-,13-/m0/s1. The minimum absolute atomic E-state index is 0.267. The lowest BCUT2D eigenvalue weighted by molar-refractivity contribution is -0.145. The summed E-state index contributed by atoms with van der Waals surface area (Å²) in [7, 11) is 1.32. The van der Waals surface area contributed by atoms with Gasteiger partial charge in [0.15, 0.2) is 5.69 Å². The number of methoxy groups -OCH3 is 1. The van der Waals surface area contributed by atoms with Crippen LogP contribution in [0, 0.1) is 5.92 Å².